The second-order valence-electron chi connectivity index (χ2n) is 1.34. The van der Waals surface area contributed by atoms with Crippen LogP contribution in [0.4, 0.5) is 4.39 Å². The molecular weight excluding hydrogens is 186 g/mol. The molecule has 0 fully saturated rings. The van der Waals surface area contributed by atoms with Crippen LogP contribution in [0.2, 0.25) is 5.02 Å². The maximum absolute atomic E-state index is 12.2. The third-order valence-electron chi connectivity index (χ3n) is 0.764. The molecule has 0 atom stereocenters. The van der Waals surface area contributed by atoms with E-state index in [1.165, 1.54) is 12.1 Å². The fraction of sp³-hybridized carbons (Fsp3) is 0. The quantitative estimate of drug-likeness (QED) is 0.359. The Labute approximate surface area is 86.3 Å². The molecule has 0 aromatic heterocycles. The van der Waals surface area contributed by atoms with Crippen molar-refractivity contribution < 1.29 is 16.8 Å². The van der Waals surface area contributed by atoms with Crippen LogP contribution in [-0.4, -0.2) is 23.1 Å². The molecule has 0 aliphatic rings. The SMILES string of the molecule is Fc1c[c-]ccc1Cl.[Cl-].[Mg+2]. The van der Waals surface area contributed by atoms with Crippen LogP contribution < -0.4 is 12.4 Å². The van der Waals surface area contributed by atoms with Crippen molar-refractivity contribution in [2.24, 2.45) is 0 Å². The molecule has 1 aromatic rings. The molecule has 0 nitrogen and oxygen atoms in total. The van der Waals surface area contributed by atoms with Crippen LogP contribution in [0.25, 0.3) is 0 Å². The van der Waals surface area contributed by atoms with E-state index in [1.807, 2.05) is 0 Å². The Morgan fingerprint density at radius 2 is 2.10 bits per heavy atom. The fourth-order valence-electron chi connectivity index (χ4n) is 0.391. The maximum Gasteiger partial charge on any atom is 2.00 e. The normalized spacial score (nSPS) is 7.40. The summed E-state index contributed by atoms with van der Waals surface area (Å²) in [6, 6.07) is 6.75. The van der Waals surface area contributed by atoms with Crippen molar-refractivity contribution >= 4 is 34.7 Å². The molecule has 0 saturated carbocycles. The van der Waals surface area contributed by atoms with E-state index in [4.69, 9.17) is 11.6 Å². The summed E-state index contributed by atoms with van der Waals surface area (Å²) in [5.74, 6) is -0.422. The summed E-state index contributed by atoms with van der Waals surface area (Å²) >= 11 is 5.31. The molecule has 1 aromatic carbocycles. The summed E-state index contributed by atoms with van der Waals surface area (Å²) in [7, 11) is 0. The molecule has 1 rings (SSSR count). The van der Waals surface area contributed by atoms with Gasteiger partial charge in [-0.15, -0.1) is 23.7 Å². The molecular formula is C6H3Cl2FMg. The molecule has 0 bridgehead atoms. The topological polar surface area (TPSA) is 0 Å². The zero-order chi connectivity index (χ0) is 5.98. The first kappa shape index (κ1) is 13.1. The van der Waals surface area contributed by atoms with E-state index in [9.17, 15) is 4.39 Å². The summed E-state index contributed by atoms with van der Waals surface area (Å²) in [4.78, 5) is 0. The zero-order valence-corrected chi connectivity index (χ0v) is 8.00. The third-order valence-corrected chi connectivity index (χ3v) is 1.07. The van der Waals surface area contributed by atoms with Gasteiger partial charge in [0.1, 0.15) is 0 Å². The predicted octanol–water partition coefficient (Wildman–Crippen LogP) is -1.10. The van der Waals surface area contributed by atoms with Gasteiger partial charge in [-0.1, -0.05) is 0 Å². The van der Waals surface area contributed by atoms with Crippen LogP contribution in [0.5, 0.6) is 0 Å². The third kappa shape index (κ3) is 3.61. The van der Waals surface area contributed by atoms with Crippen molar-refractivity contribution in [1.82, 2.24) is 0 Å². The first-order valence-electron chi connectivity index (χ1n) is 2.12. The predicted molar refractivity (Wildman–Crippen MR) is 36.0 cm³/mol. The van der Waals surface area contributed by atoms with Crippen LogP contribution in [0.3, 0.4) is 0 Å². The van der Waals surface area contributed by atoms with Crippen molar-refractivity contribution in [3.63, 3.8) is 0 Å². The van der Waals surface area contributed by atoms with E-state index in [0.29, 0.717) is 0 Å². The smallest absolute Gasteiger partial charge is 1.00 e. The van der Waals surface area contributed by atoms with Gasteiger partial charge in [0, 0.05) is 5.82 Å². The Morgan fingerprint density at radius 3 is 2.40 bits per heavy atom. The summed E-state index contributed by atoms with van der Waals surface area (Å²) in [5.41, 5.74) is 0. The van der Waals surface area contributed by atoms with E-state index in [1.54, 1.807) is 6.07 Å². The van der Waals surface area contributed by atoms with E-state index < -0.39 is 5.82 Å². The average molecular weight is 189 g/mol. The van der Waals surface area contributed by atoms with Crippen LogP contribution in [0.15, 0.2) is 18.2 Å². The largest absolute Gasteiger partial charge is 2.00 e. The summed E-state index contributed by atoms with van der Waals surface area (Å²) in [5, 5.41) is 0.142. The minimum atomic E-state index is -0.422. The number of hydrogen-bond donors (Lipinski definition) is 0. The molecule has 0 spiro atoms. The Bertz CT molecular complexity index is 172. The zero-order valence-electron chi connectivity index (χ0n) is 5.07. The van der Waals surface area contributed by atoms with Gasteiger partial charge in [0.2, 0.25) is 0 Å². The molecule has 0 aliphatic heterocycles. The molecule has 0 saturated heterocycles. The Balaban J connectivity index is 0. The van der Waals surface area contributed by atoms with Gasteiger partial charge < -0.3 is 12.4 Å². The van der Waals surface area contributed by atoms with Gasteiger partial charge in [-0.05, 0) is 5.02 Å². The molecule has 0 radical (unpaired) electrons. The first-order chi connectivity index (χ1) is 3.80. The maximum atomic E-state index is 12.2. The van der Waals surface area contributed by atoms with Gasteiger partial charge >= 0.3 is 23.1 Å². The average Bonchev–Trinajstić information content (AvgIpc) is 1.77. The Hall–Kier alpha value is 0.496. The van der Waals surface area contributed by atoms with Crippen molar-refractivity contribution in [2.75, 3.05) is 0 Å². The van der Waals surface area contributed by atoms with Crippen LogP contribution in [0.1, 0.15) is 0 Å². The summed E-state index contributed by atoms with van der Waals surface area (Å²) < 4.78 is 12.2. The van der Waals surface area contributed by atoms with Gasteiger partial charge in [-0.2, -0.15) is 12.1 Å². The van der Waals surface area contributed by atoms with E-state index in [-0.39, 0.29) is 40.5 Å². The molecule has 0 N–H and O–H groups in total. The summed E-state index contributed by atoms with van der Waals surface area (Å²) in [6.45, 7) is 0. The van der Waals surface area contributed by atoms with Crippen LogP contribution >= 0.6 is 11.6 Å². The Kier molecular flexibility index (Phi) is 8.16. The second kappa shape index (κ2) is 6.22. The van der Waals surface area contributed by atoms with Gasteiger partial charge in [-0.3, -0.25) is 4.39 Å². The molecule has 10 heavy (non-hydrogen) atoms. The number of benzene rings is 1. The molecule has 0 heterocycles. The first-order valence-corrected chi connectivity index (χ1v) is 2.49. The van der Waals surface area contributed by atoms with E-state index >= 15 is 0 Å². The van der Waals surface area contributed by atoms with Gasteiger partial charge in [0.05, 0.1) is 0 Å². The fourth-order valence-corrected chi connectivity index (χ4v) is 0.509. The minimum Gasteiger partial charge on any atom is -1.00 e. The van der Waals surface area contributed by atoms with Crippen LogP contribution in [-0.2, 0) is 0 Å². The Morgan fingerprint density at radius 1 is 1.50 bits per heavy atom. The van der Waals surface area contributed by atoms with E-state index in [0.717, 1.165) is 0 Å². The molecule has 50 valence electrons. The van der Waals surface area contributed by atoms with E-state index in [2.05, 4.69) is 6.07 Å². The van der Waals surface area contributed by atoms with Crippen molar-refractivity contribution in [3.8, 4) is 0 Å². The van der Waals surface area contributed by atoms with Crippen molar-refractivity contribution in [2.45, 2.75) is 0 Å². The van der Waals surface area contributed by atoms with Crippen molar-refractivity contribution in [1.29, 1.82) is 0 Å². The standard InChI is InChI=1S/C6H3ClF.ClH.Mg/c7-5-3-1-2-4-6(5)8;;/h1,3-4H;1H;/q-1;;+2/p-1. The number of rotatable bonds is 0. The number of hydrogen-bond acceptors (Lipinski definition) is 0. The molecule has 0 unspecified atom stereocenters. The molecule has 0 amide bonds. The van der Waals surface area contributed by atoms with Gasteiger partial charge in [0.25, 0.3) is 0 Å². The second-order valence-corrected chi connectivity index (χ2v) is 1.75. The minimum absolute atomic E-state index is 0. The van der Waals surface area contributed by atoms with Crippen LogP contribution in [0, 0.1) is 11.9 Å². The molecule has 0 aliphatic carbocycles. The van der Waals surface area contributed by atoms with Gasteiger partial charge in [0.15, 0.2) is 0 Å². The monoisotopic (exact) mass is 188 g/mol. The number of halogens is 3. The molecule has 4 heteroatoms. The van der Waals surface area contributed by atoms with Crippen molar-refractivity contribution in [3.05, 3.63) is 35.1 Å². The van der Waals surface area contributed by atoms with Gasteiger partial charge in [-0.25, -0.2) is 0 Å². The summed E-state index contributed by atoms with van der Waals surface area (Å²) in [6.07, 6.45) is 0.